The first-order chi connectivity index (χ1) is 9.35. The lowest BCUT2D eigenvalue weighted by atomic mass is 9.95. The summed E-state index contributed by atoms with van der Waals surface area (Å²) in [6.07, 6.45) is 4.70. The van der Waals surface area contributed by atoms with Gasteiger partial charge in [0.25, 0.3) is 0 Å². The minimum Gasteiger partial charge on any atom is -0.347 e. The van der Waals surface area contributed by atoms with Crippen molar-refractivity contribution < 1.29 is 9.47 Å². The van der Waals surface area contributed by atoms with Gasteiger partial charge in [0.15, 0.2) is 5.79 Å². The van der Waals surface area contributed by atoms with Gasteiger partial charge in [0, 0.05) is 31.5 Å². The standard InChI is InChI=1S/C16H21NO2/c1-2-4-13(5-3-1)12-17-14-6-7-15(17)11-16(10-14)18-8-9-19-16/h1-5,14-15H,6-12H2/t14-,15+. The minimum atomic E-state index is -0.237. The highest BCUT2D eigenvalue weighted by Gasteiger charge is 2.51. The number of nitrogens with zero attached hydrogens (tertiary/aromatic N) is 1. The maximum absolute atomic E-state index is 5.91. The summed E-state index contributed by atoms with van der Waals surface area (Å²) >= 11 is 0. The second-order valence-electron chi connectivity index (χ2n) is 6.06. The number of rotatable bonds is 2. The molecule has 0 aliphatic carbocycles. The van der Waals surface area contributed by atoms with Gasteiger partial charge >= 0.3 is 0 Å². The van der Waals surface area contributed by atoms with Gasteiger partial charge < -0.3 is 9.47 Å². The lowest BCUT2D eigenvalue weighted by molar-refractivity contribution is -0.200. The third kappa shape index (κ3) is 2.10. The van der Waals surface area contributed by atoms with Crippen LogP contribution in [-0.2, 0) is 16.0 Å². The highest BCUT2D eigenvalue weighted by atomic mass is 16.7. The van der Waals surface area contributed by atoms with E-state index in [1.165, 1.54) is 18.4 Å². The summed E-state index contributed by atoms with van der Waals surface area (Å²) in [5.74, 6) is -0.237. The Kier molecular flexibility index (Phi) is 2.87. The molecule has 3 aliphatic heterocycles. The first-order valence-corrected chi connectivity index (χ1v) is 7.42. The Hall–Kier alpha value is -0.900. The molecular formula is C16H21NO2. The van der Waals surface area contributed by atoms with Gasteiger partial charge in [0.05, 0.1) is 13.2 Å². The summed E-state index contributed by atoms with van der Waals surface area (Å²) < 4.78 is 11.8. The van der Waals surface area contributed by atoms with Gasteiger partial charge in [-0.25, -0.2) is 0 Å². The summed E-state index contributed by atoms with van der Waals surface area (Å²) in [5.41, 5.74) is 1.42. The van der Waals surface area contributed by atoms with Crippen LogP contribution in [0.5, 0.6) is 0 Å². The first-order valence-electron chi connectivity index (χ1n) is 7.42. The Morgan fingerprint density at radius 3 is 2.26 bits per heavy atom. The van der Waals surface area contributed by atoms with Crippen molar-refractivity contribution in [3.8, 4) is 0 Å². The maximum Gasteiger partial charge on any atom is 0.171 e. The third-order valence-electron chi connectivity index (χ3n) is 4.89. The fourth-order valence-corrected chi connectivity index (χ4v) is 4.04. The summed E-state index contributed by atoms with van der Waals surface area (Å²) in [6, 6.07) is 12.1. The molecule has 0 saturated carbocycles. The molecule has 0 amide bonds. The molecule has 3 heterocycles. The lowest BCUT2D eigenvalue weighted by Crippen LogP contribution is -2.51. The fourth-order valence-electron chi connectivity index (χ4n) is 4.04. The van der Waals surface area contributed by atoms with E-state index in [-0.39, 0.29) is 5.79 Å². The molecule has 1 aromatic carbocycles. The van der Waals surface area contributed by atoms with E-state index < -0.39 is 0 Å². The van der Waals surface area contributed by atoms with Crippen molar-refractivity contribution in [3.05, 3.63) is 35.9 Å². The molecule has 3 nitrogen and oxygen atoms in total. The molecular weight excluding hydrogens is 238 g/mol. The molecule has 3 aliphatic rings. The third-order valence-corrected chi connectivity index (χ3v) is 4.89. The van der Waals surface area contributed by atoms with Crippen LogP contribution in [0.3, 0.4) is 0 Å². The Morgan fingerprint density at radius 2 is 1.63 bits per heavy atom. The van der Waals surface area contributed by atoms with Gasteiger partial charge in [-0.2, -0.15) is 0 Å². The van der Waals surface area contributed by atoms with Crippen molar-refractivity contribution in [1.29, 1.82) is 0 Å². The predicted octanol–water partition coefficient (Wildman–Crippen LogP) is 2.56. The van der Waals surface area contributed by atoms with E-state index in [1.54, 1.807) is 0 Å². The van der Waals surface area contributed by atoms with E-state index in [0.717, 1.165) is 32.6 Å². The van der Waals surface area contributed by atoms with E-state index >= 15 is 0 Å². The van der Waals surface area contributed by atoms with Crippen LogP contribution in [-0.4, -0.2) is 36.0 Å². The minimum absolute atomic E-state index is 0.237. The molecule has 102 valence electrons. The average Bonchev–Trinajstić information content (AvgIpc) is 2.96. The summed E-state index contributed by atoms with van der Waals surface area (Å²) in [7, 11) is 0. The SMILES string of the molecule is c1ccc(CN2[C@@H]3CC[C@H]2CC2(C3)OCCO2)cc1. The van der Waals surface area contributed by atoms with Crippen LogP contribution in [0.25, 0.3) is 0 Å². The second kappa shape index (κ2) is 4.58. The molecule has 0 radical (unpaired) electrons. The molecule has 4 rings (SSSR count). The van der Waals surface area contributed by atoms with E-state index in [4.69, 9.17) is 9.47 Å². The Bertz CT molecular complexity index is 425. The smallest absolute Gasteiger partial charge is 0.171 e. The largest absolute Gasteiger partial charge is 0.347 e. The molecule has 2 bridgehead atoms. The molecule has 0 N–H and O–H groups in total. The molecule has 0 unspecified atom stereocenters. The van der Waals surface area contributed by atoms with Crippen molar-refractivity contribution in [1.82, 2.24) is 4.90 Å². The number of ether oxygens (including phenoxy) is 2. The highest BCUT2D eigenvalue weighted by molar-refractivity contribution is 5.16. The van der Waals surface area contributed by atoms with E-state index in [0.29, 0.717) is 12.1 Å². The maximum atomic E-state index is 5.91. The zero-order chi connectivity index (χ0) is 12.7. The molecule has 3 heteroatoms. The van der Waals surface area contributed by atoms with Crippen LogP contribution in [0.15, 0.2) is 30.3 Å². The van der Waals surface area contributed by atoms with Gasteiger partial charge in [-0.15, -0.1) is 0 Å². The second-order valence-corrected chi connectivity index (χ2v) is 6.06. The number of hydrogen-bond donors (Lipinski definition) is 0. The summed E-state index contributed by atoms with van der Waals surface area (Å²) in [5, 5.41) is 0. The van der Waals surface area contributed by atoms with Crippen LogP contribution < -0.4 is 0 Å². The predicted molar refractivity (Wildman–Crippen MR) is 72.7 cm³/mol. The highest BCUT2D eigenvalue weighted by Crippen LogP contribution is 2.45. The van der Waals surface area contributed by atoms with Crippen molar-refractivity contribution in [2.45, 2.75) is 50.1 Å². The van der Waals surface area contributed by atoms with Gasteiger partial charge in [-0.05, 0) is 18.4 Å². The molecule has 1 spiro atoms. The molecule has 1 aromatic rings. The van der Waals surface area contributed by atoms with E-state index in [2.05, 4.69) is 35.2 Å². The normalized spacial score (nSPS) is 33.1. The van der Waals surface area contributed by atoms with Crippen molar-refractivity contribution >= 4 is 0 Å². The van der Waals surface area contributed by atoms with Crippen LogP contribution in [0.2, 0.25) is 0 Å². The van der Waals surface area contributed by atoms with Gasteiger partial charge in [-0.1, -0.05) is 30.3 Å². The molecule has 19 heavy (non-hydrogen) atoms. The van der Waals surface area contributed by atoms with E-state index in [1.807, 2.05) is 0 Å². The number of hydrogen-bond acceptors (Lipinski definition) is 3. The van der Waals surface area contributed by atoms with Crippen LogP contribution in [0, 0.1) is 0 Å². The average molecular weight is 259 g/mol. The van der Waals surface area contributed by atoms with Crippen LogP contribution in [0.1, 0.15) is 31.2 Å². The topological polar surface area (TPSA) is 21.7 Å². The lowest BCUT2D eigenvalue weighted by Gasteiger charge is -2.43. The van der Waals surface area contributed by atoms with Gasteiger partial charge in [0.1, 0.15) is 0 Å². The molecule has 3 fully saturated rings. The van der Waals surface area contributed by atoms with Gasteiger partial charge in [-0.3, -0.25) is 4.90 Å². The summed E-state index contributed by atoms with van der Waals surface area (Å²) in [6.45, 7) is 2.63. The zero-order valence-corrected chi connectivity index (χ0v) is 11.3. The van der Waals surface area contributed by atoms with Crippen LogP contribution >= 0.6 is 0 Å². The Morgan fingerprint density at radius 1 is 1.00 bits per heavy atom. The number of piperidine rings is 1. The number of benzene rings is 1. The van der Waals surface area contributed by atoms with Gasteiger partial charge in [0.2, 0.25) is 0 Å². The van der Waals surface area contributed by atoms with Crippen molar-refractivity contribution in [3.63, 3.8) is 0 Å². The Balaban J connectivity index is 1.50. The number of fused-ring (bicyclic) bond motifs is 2. The van der Waals surface area contributed by atoms with Crippen molar-refractivity contribution in [2.75, 3.05) is 13.2 Å². The quantitative estimate of drug-likeness (QED) is 0.814. The molecule has 0 aromatic heterocycles. The monoisotopic (exact) mass is 259 g/mol. The van der Waals surface area contributed by atoms with Crippen LogP contribution in [0.4, 0.5) is 0 Å². The fraction of sp³-hybridized carbons (Fsp3) is 0.625. The van der Waals surface area contributed by atoms with Crippen molar-refractivity contribution in [2.24, 2.45) is 0 Å². The first kappa shape index (κ1) is 11.9. The molecule has 3 saturated heterocycles. The van der Waals surface area contributed by atoms with E-state index in [9.17, 15) is 0 Å². The zero-order valence-electron chi connectivity index (χ0n) is 11.3. The molecule has 2 atom stereocenters. The Labute approximate surface area is 114 Å². The summed E-state index contributed by atoms with van der Waals surface area (Å²) in [4.78, 5) is 2.67.